The topological polar surface area (TPSA) is 29.3 Å². The first-order valence-electron chi connectivity index (χ1n) is 6.94. The van der Waals surface area contributed by atoms with Gasteiger partial charge in [0.2, 0.25) is 0 Å². The molecule has 0 aromatic heterocycles. The van der Waals surface area contributed by atoms with Gasteiger partial charge in [-0.05, 0) is 44.6 Å². The molecule has 0 bridgehead atoms. The molecule has 4 atom stereocenters. The minimum absolute atomic E-state index is 0.503. The van der Waals surface area contributed by atoms with Crippen LogP contribution in [0, 0.1) is 11.3 Å². The third-order valence-electron chi connectivity index (χ3n) is 4.87. The molecule has 1 aliphatic rings. The minimum atomic E-state index is 0.503. The lowest BCUT2D eigenvalue weighted by Crippen LogP contribution is -2.64. The molecule has 0 aliphatic carbocycles. The van der Waals surface area contributed by atoms with Crippen molar-refractivity contribution in [2.24, 2.45) is 17.1 Å². The molecular weight excluding hydrogens is 196 g/mol. The van der Waals surface area contributed by atoms with Crippen molar-refractivity contribution in [1.82, 2.24) is 4.90 Å². The van der Waals surface area contributed by atoms with Crippen molar-refractivity contribution in [3.8, 4) is 0 Å². The van der Waals surface area contributed by atoms with Crippen LogP contribution in [0.15, 0.2) is 0 Å². The van der Waals surface area contributed by atoms with Gasteiger partial charge in [0.05, 0.1) is 0 Å². The molecule has 0 amide bonds. The van der Waals surface area contributed by atoms with Crippen LogP contribution in [0.1, 0.15) is 53.9 Å². The highest BCUT2D eigenvalue weighted by Crippen LogP contribution is 2.44. The second-order valence-corrected chi connectivity index (χ2v) is 5.97. The van der Waals surface area contributed by atoms with Gasteiger partial charge in [0.1, 0.15) is 0 Å². The van der Waals surface area contributed by atoms with Gasteiger partial charge in [0, 0.05) is 18.6 Å². The van der Waals surface area contributed by atoms with Gasteiger partial charge >= 0.3 is 0 Å². The van der Waals surface area contributed by atoms with Crippen molar-refractivity contribution >= 4 is 0 Å². The van der Waals surface area contributed by atoms with Crippen LogP contribution >= 0.6 is 0 Å². The van der Waals surface area contributed by atoms with Crippen LogP contribution in [0.5, 0.6) is 0 Å². The summed E-state index contributed by atoms with van der Waals surface area (Å²) in [4.78, 5) is 2.64. The predicted octanol–water partition coefficient (Wildman–Crippen LogP) is 2.87. The van der Waals surface area contributed by atoms with Gasteiger partial charge in [-0.1, -0.05) is 27.2 Å². The van der Waals surface area contributed by atoms with Gasteiger partial charge in [-0.25, -0.2) is 0 Å². The predicted molar refractivity (Wildman–Crippen MR) is 71.5 cm³/mol. The van der Waals surface area contributed by atoms with Crippen LogP contribution in [0.3, 0.4) is 0 Å². The van der Waals surface area contributed by atoms with E-state index in [1.807, 2.05) is 0 Å². The van der Waals surface area contributed by atoms with Crippen molar-refractivity contribution in [3.63, 3.8) is 0 Å². The summed E-state index contributed by atoms with van der Waals surface area (Å²) >= 11 is 0. The number of hydrogen-bond acceptors (Lipinski definition) is 2. The second-order valence-electron chi connectivity index (χ2n) is 5.97. The Balaban J connectivity index is 2.50. The first kappa shape index (κ1) is 14.0. The average molecular weight is 226 g/mol. The number of hydrogen-bond donors (Lipinski definition) is 1. The molecule has 16 heavy (non-hydrogen) atoms. The Labute approximate surface area is 102 Å². The third kappa shape index (κ3) is 2.60. The number of nitrogens with two attached hydrogens (primary N) is 1. The van der Waals surface area contributed by atoms with Crippen molar-refractivity contribution in [3.05, 3.63) is 0 Å². The third-order valence-corrected chi connectivity index (χ3v) is 4.87. The molecule has 2 N–H and O–H groups in total. The van der Waals surface area contributed by atoms with E-state index >= 15 is 0 Å². The van der Waals surface area contributed by atoms with Gasteiger partial charge in [-0.3, -0.25) is 4.90 Å². The van der Waals surface area contributed by atoms with E-state index in [0.717, 1.165) is 18.6 Å². The summed E-state index contributed by atoms with van der Waals surface area (Å²) in [5, 5.41) is 0. The summed E-state index contributed by atoms with van der Waals surface area (Å²) in [7, 11) is 0. The van der Waals surface area contributed by atoms with Crippen LogP contribution in [0.2, 0.25) is 0 Å². The SMILES string of the molecule is CCC(CN)CC1(C)CN(C(C)CC)C1C. The highest BCUT2D eigenvalue weighted by atomic mass is 15.3. The second kappa shape index (κ2) is 5.50. The quantitative estimate of drug-likeness (QED) is 0.754. The molecule has 1 aliphatic heterocycles. The Kier molecular flexibility index (Phi) is 4.81. The van der Waals surface area contributed by atoms with Crippen LogP contribution in [-0.4, -0.2) is 30.1 Å². The van der Waals surface area contributed by atoms with Gasteiger partial charge in [0.15, 0.2) is 0 Å². The van der Waals surface area contributed by atoms with E-state index in [2.05, 4.69) is 39.5 Å². The number of rotatable bonds is 6. The van der Waals surface area contributed by atoms with Gasteiger partial charge in [0.25, 0.3) is 0 Å². The Morgan fingerprint density at radius 3 is 2.38 bits per heavy atom. The summed E-state index contributed by atoms with van der Waals surface area (Å²) in [6.07, 6.45) is 3.78. The zero-order chi connectivity index (χ0) is 12.3. The van der Waals surface area contributed by atoms with Crippen molar-refractivity contribution in [2.75, 3.05) is 13.1 Å². The van der Waals surface area contributed by atoms with Crippen LogP contribution in [-0.2, 0) is 0 Å². The minimum Gasteiger partial charge on any atom is -0.330 e. The maximum Gasteiger partial charge on any atom is 0.0136 e. The monoisotopic (exact) mass is 226 g/mol. The summed E-state index contributed by atoms with van der Waals surface area (Å²) < 4.78 is 0. The maximum absolute atomic E-state index is 5.82. The van der Waals surface area contributed by atoms with E-state index < -0.39 is 0 Å². The molecule has 0 aromatic carbocycles. The van der Waals surface area contributed by atoms with Gasteiger partial charge < -0.3 is 5.73 Å². The normalized spacial score (nSPS) is 34.5. The molecular formula is C14H30N2. The van der Waals surface area contributed by atoms with Crippen LogP contribution in [0.25, 0.3) is 0 Å². The highest BCUT2D eigenvalue weighted by molar-refractivity contribution is 5.01. The molecule has 0 spiro atoms. The molecule has 1 heterocycles. The Bertz CT molecular complexity index is 213. The first-order chi connectivity index (χ1) is 7.48. The molecule has 0 aromatic rings. The molecule has 4 unspecified atom stereocenters. The molecule has 1 rings (SSSR count). The molecule has 0 radical (unpaired) electrons. The van der Waals surface area contributed by atoms with E-state index in [1.165, 1.54) is 25.8 Å². The molecule has 96 valence electrons. The lowest BCUT2D eigenvalue weighted by Gasteiger charge is -2.58. The zero-order valence-corrected chi connectivity index (χ0v) is 11.8. The maximum atomic E-state index is 5.82. The fraction of sp³-hybridized carbons (Fsp3) is 1.00. The van der Waals surface area contributed by atoms with E-state index in [9.17, 15) is 0 Å². The Morgan fingerprint density at radius 2 is 2.00 bits per heavy atom. The highest BCUT2D eigenvalue weighted by Gasteiger charge is 2.47. The Morgan fingerprint density at radius 1 is 1.38 bits per heavy atom. The smallest absolute Gasteiger partial charge is 0.0136 e. The Hall–Kier alpha value is -0.0800. The van der Waals surface area contributed by atoms with E-state index in [4.69, 9.17) is 5.73 Å². The molecule has 1 saturated heterocycles. The molecule has 0 saturated carbocycles. The van der Waals surface area contributed by atoms with Crippen molar-refractivity contribution in [1.29, 1.82) is 0 Å². The number of nitrogens with zero attached hydrogens (tertiary/aromatic N) is 1. The van der Waals surface area contributed by atoms with Gasteiger partial charge in [-0.2, -0.15) is 0 Å². The summed E-state index contributed by atoms with van der Waals surface area (Å²) in [6.45, 7) is 13.8. The molecule has 1 fully saturated rings. The lowest BCUT2D eigenvalue weighted by atomic mass is 9.67. The lowest BCUT2D eigenvalue weighted by molar-refractivity contribution is -0.0897. The van der Waals surface area contributed by atoms with Crippen molar-refractivity contribution < 1.29 is 0 Å². The largest absolute Gasteiger partial charge is 0.330 e. The van der Waals surface area contributed by atoms with E-state index in [1.54, 1.807) is 0 Å². The standard InChI is InChI=1S/C14H30N2/c1-6-11(3)16-10-14(5,12(16)4)8-13(7-2)9-15/h11-13H,6-10,15H2,1-5H3. The molecule has 2 heteroatoms. The summed E-state index contributed by atoms with van der Waals surface area (Å²) in [6, 6.07) is 1.46. The number of likely N-dealkylation sites (tertiary alicyclic amines) is 1. The fourth-order valence-corrected chi connectivity index (χ4v) is 3.03. The zero-order valence-electron chi connectivity index (χ0n) is 11.8. The van der Waals surface area contributed by atoms with Crippen LogP contribution in [0.4, 0.5) is 0 Å². The van der Waals surface area contributed by atoms with Crippen molar-refractivity contribution in [2.45, 2.75) is 66.0 Å². The fourth-order valence-electron chi connectivity index (χ4n) is 3.03. The van der Waals surface area contributed by atoms with E-state index in [0.29, 0.717) is 11.3 Å². The summed E-state index contributed by atoms with van der Waals surface area (Å²) in [5.41, 5.74) is 6.33. The summed E-state index contributed by atoms with van der Waals surface area (Å²) in [5.74, 6) is 0.714. The molecule has 2 nitrogen and oxygen atoms in total. The van der Waals surface area contributed by atoms with Crippen LogP contribution < -0.4 is 5.73 Å². The average Bonchev–Trinajstić information content (AvgIpc) is 2.31. The first-order valence-corrected chi connectivity index (χ1v) is 6.94. The van der Waals surface area contributed by atoms with Gasteiger partial charge in [-0.15, -0.1) is 0 Å². The van der Waals surface area contributed by atoms with E-state index in [-0.39, 0.29) is 0 Å².